The van der Waals surface area contributed by atoms with Crippen molar-refractivity contribution in [1.82, 2.24) is 30.0 Å². The molecule has 1 amide bonds. The third-order valence-corrected chi connectivity index (χ3v) is 6.43. The fourth-order valence-electron chi connectivity index (χ4n) is 4.34. The molecule has 4 aromatic rings. The number of hydrogen-bond donors (Lipinski definition) is 3. The monoisotopic (exact) mass is 484 g/mol. The normalized spacial score (nSPS) is 14.8. The lowest BCUT2D eigenvalue weighted by molar-refractivity contribution is 0.0712. The summed E-state index contributed by atoms with van der Waals surface area (Å²) in [5.74, 6) is 1.82. The first-order chi connectivity index (χ1) is 17.5. The minimum Gasteiger partial charge on any atom is -0.326 e. The number of nitrogens with one attached hydrogen (secondary N) is 3. The Bertz CT molecular complexity index is 1330. The highest BCUT2D eigenvalue weighted by Crippen LogP contribution is 2.26. The van der Waals surface area contributed by atoms with Crippen molar-refractivity contribution < 1.29 is 4.79 Å². The molecule has 0 spiro atoms. The van der Waals surface area contributed by atoms with Gasteiger partial charge in [0.2, 0.25) is 11.9 Å². The highest BCUT2D eigenvalue weighted by atomic mass is 16.2. The van der Waals surface area contributed by atoms with Crippen molar-refractivity contribution in [3.63, 3.8) is 0 Å². The second-order valence-electron chi connectivity index (χ2n) is 9.61. The molecule has 3 heterocycles. The van der Waals surface area contributed by atoms with Crippen LogP contribution in [-0.4, -0.2) is 43.5 Å². The first kappa shape index (κ1) is 23.7. The largest absolute Gasteiger partial charge is 0.326 e. The summed E-state index contributed by atoms with van der Waals surface area (Å²) >= 11 is 0. The molecule has 0 atom stereocenters. The van der Waals surface area contributed by atoms with Crippen LogP contribution < -0.4 is 16.1 Å². The SMILES string of the molecule is CC1CCN(NC(=O)c2ccc(Nc3ncc4nc(Nc5ccccc5)n(C(C)C)c4n3)cc2)CC1. The van der Waals surface area contributed by atoms with Gasteiger partial charge >= 0.3 is 0 Å². The molecule has 1 fully saturated rings. The number of hydrazine groups is 1. The Morgan fingerprint density at radius 3 is 2.33 bits per heavy atom. The molecule has 0 saturated carbocycles. The van der Waals surface area contributed by atoms with Crippen LogP contribution in [0.2, 0.25) is 0 Å². The predicted molar refractivity (Wildman–Crippen MR) is 143 cm³/mol. The molecule has 2 aromatic heterocycles. The molecule has 9 heteroatoms. The summed E-state index contributed by atoms with van der Waals surface area (Å²) in [5, 5.41) is 8.64. The van der Waals surface area contributed by atoms with Gasteiger partial charge in [0.05, 0.1) is 6.20 Å². The van der Waals surface area contributed by atoms with E-state index in [9.17, 15) is 4.79 Å². The number of carbonyl (C=O) groups excluding carboxylic acids is 1. The third kappa shape index (κ3) is 5.31. The molecule has 2 aromatic carbocycles. The number of carbonyl (C=O) groups is 1. The molecule has 5 rings (SSSR count). The van der Waals surface area contributed by atoms with Crippen molar-refractivity contribution in [1.29, 1.82) is 0 Å². The lowest BCUT2D eigenvalue weighted by Gasteiger charge is -2.30. The first-order valence-electron chi connectivity index (χ1n) is 12.5. The first-order valence-corrected chi connectivity index (χ1v) is 12.5. The number of fused-ring (bicyclic) bond motifs is 1. The maximum Gasteiger partial charge on any atom is 0.265 e. The molecule has 0 bridgehead atoms. The van der Waals surface area contributed by atoms with Crippen LogP contribution in [0.25, 0.3) is 11.2 Å². The summed E-state index contributed by atoms with van der Waals surface area (Å²) in [4.78, 5) is 26.5. The van der Waals surface area contributed by atoms with E-state index >= 15 is 0 Å². The second-order valence-corrected chi connectivity index (χ2v) is 9.61. The van der Waals surface area contributed by atoms with Gasteiger partial charge in [-0.1, -0.05) is 25.1 Å². The van der Waals surface area contributed by atoms with Crippen LogP contribution in [0.4, 0.5) is 23.3 Å². The number of para-hydroxylation sites is 1. The van der Waals surface area contributed by atoms with E-state index in [-0.39, 0.29) is 11.9 Å². The average molecular weight is 485 g/mol. The van der Waals surface area contributed by atoms with Crippen LogP contribution in [0.3, 0.4) is 0 Å². The molecule has 0 radical (unpaired) electrons. The number of benzene rings is 2. The maximum absolute atomic E-state index is 12.6. The quantitative estimate of drug-likeness (QED) is 0.328. The lowest BCUT2D eigenvalue weighted by atomic mass is 10.0. The molecule has 0 unspecified atom stereocenters. The van der Waals surface area contributed by atoms with Crippen molar-refractivity contribution >= 4 is 40.3 Å². The number of rotatable bonds is 7. The number of aromatic nitrogens is 4. The Kier molecular flexibility index (Phi) is 6.81. The van der Waals surface area contributed by atoms with Crippen molar-refractivity contribution in [2.24, 2.45) is 5.92 Å². The van der Waals surface area contributed by atoms with Gasteiger partial charge < -0.3 is 10.6 Å². The van der Waals surface area contributed by atoms with Crippen molar-refractivity contribution in [2.75, 3.05) is 23.7 Å². The summed E-state index contributed by atoms with van der Waals surface area (Å²) < 4.78 is 2.06. The topological polar surface area (TPSA) is 100 Å². The number of piperidine rings is 1. The van der Waals surface area contributed by atoms with Gasteiger partial charge in [-0.15, -0.1) is 0 Å². The number of anilines is 4. The summed E-state index contributed by atoms with van der Waals surface area (Å²) in [7, 11) is 0. The van der Waals surface area contributed by atoms with Gasteiger partial charge in [0.15, 0.2) is 5.65 Å². The van der Waals surface area contributed by atoms with Crippen LogP contribution >= 0.6 is 0 Å². The summed E-state index contributed by atoms with van der Waals surface area (Å²) in [6.07, 6.45) is 3.93. The van der Waals surface area contributed by atoms with Crippen LogP contribution in [0, 0.1) is 5.92 Å². The van der Waals surface area contributed by atoms with Gasteiger partial charge in [-0.05, 0) is 69.0 Å². The third-order valence-electron chi connectivity index (χ3n) is 6.43. The molecular weight excluding hydrogens is 452 g/mol. The zero-order valence-electron chi connectivity index (χ0n) is 20.9. The van der Waals surface area contributed by atoms with Gasteiger partial charge in [0, 0.05) is 36.1 Å². The van der Waals surface area contributed by atoms with Crippen LogP contribution in [0.1, 0.15) is 50.0 Å². The fourth-order valence-corrected chi connectivity index (χ4v) is 4.34. The fraction of sp³-hybridized carbons (Fsp3) is 0.333. The molecule has 36 heavy (non-hydrogen) atoms. The van der Waals surface area contributed by atoms with E-state index in [1.165, 1.54) is 0 Å². The van der Waals surface area contributed by atoms with Gasteiger partial charge in [-0.25, -0.2) is 15.0 Å². The van der Waals surface area contributed by atoms with Crippen LogP contribution in [0.5, 0.6) is 0 Å². The molecule has 1 aliphatic rings. The summed E-state index contributed by atoms with van der Waals surface area (Å²) in [6.45, 7) is 8.23. The molecule has 9 nitrogen and oxygen atoms in total. The lowest BCUT2D eigenvalue weighted by Crippen LogP contribution is -2.46. The maximum atomic E-state index is 12.6. The molecule has 186 valence electrons. The molecule has 0 aliphatic carbocycles. The Labute approximate surface area is 210 Å². The minimum atomic E-state index is -0.0898. The van der Waals surface area contributed by atoms with Crippen molar-refractivity contribution in [3.8, 4) is 0 Å². The van der Waals surface area contributed by atoms with E-state index in [2.05, 4.69) is 46.4 Å². The number of hydrogen-bond acceptors (Lipinski definition) is 7. The average Bonchev–Trinajstić information content (AvgIpc) is 3.23. The zero-order chi connectivity index (χ0) is 25.1. The molecule has 1 aliphatic heterocycles. The van der Waals surface area contributed by atoms with Gasteiger partial charge in [-0.3, -0.25) is 14.8 Å². The van der Waals surface area contributed by atoms with E-state index in [0.717, 1.165) is 54.8 Å². The Morgan fingerprint density at radius 2 is 1.64 bits per heavy atom. The Morgan fingerprint density at radius 1 is 0.944 bits per heavy atom. The van der Waals surface area contributed by atoms with Crippen molar-refractivity contribution in [3.05, 3.63) is 66.4 Å². The standard InChI is InChI=1S/C27H32N8O/c1-18(2)35-24-23(31-27(35)30-21-7-5-4-6-8-21)17-28-26(32-24)29-22-11-9-20(10-12-22)25(36)33-34-15-13-19(3)14-16-34/h4-12,17-19H,13-16H2,1-3H3,(H,30,31)(H,33,36)(H,28,29,32). The minimum absolute atomic E-state index is 0.0898. The molecule has 1 saturated heterocycles. The Hall–Kier alpha value is -3.98. The Balaban J connectivity index is 1.30. The summed E-state index contributed by atoms with van der Waals surface area (Å²) in [5.41, 5.74) is 6.85. The highest BCUT2D eigenvalue weighted by molar-refractivity contribution is 5.94. The molecular formula is C27H32N8O. The van der Waals surface area contributed by atoms with Crippen LogP contribution in [0.15, 0.2) is 60.8 Å². The number of imidazole rings is 1. The van der Waals surface area contributed by atoms with Gasteiger partial charge in [0.25, 0.3) is 5.91 Å². The van der Waals surface area contributed by atoms with Gasteiger partial charge in [0.1, 0.15) is 5.52 Å². The predicted octanol–water partition coefficient (Wildman–Crippen LogP) is 5.27. The van der Waals surface area contributed by atoms with E-state index in [0.29, 0.717) is 17.0 Å². The number of amides is 1. The number of nitrogens with zero attached hydrogens (tertiary/aromatic N) is 5. The van der Waals surface area contributed by atoms with E-state index in [1.807, 2.05) is 59.6 Å². The second kappa shape index (κ2) is 10.3. The van der Waals surface area contributed by atoms with Gasteiger partial charge in [-0.2, -0.15) is 4.98 Å². The summed E-state index contributed by atoms with van der Waals surface area (Å²) in [6, 6.07) is 17.4. The van der Waals surface area contributed by atoms with E-state index in [4.69, 9.17) is 9.97 Å². The van der Waals surface area contributed by atoms with Crippen molar-refractivity contribution in [2.45, 2.75) is 39.7 Å². The zero-order valence-corrected chi connectivity index (χ0v) is 20.9. The molecule has 3 N–H and O–H groups in total. The van der Waals surface area contributed by atoms with E-state index < -0.39 is 0 Å². The van der Waals surface area contributed by atoms with Crippen LogP contribution in [-0.2, 0) is 0 Å². The highest BCUT2D eigenvalue weighted by Gasteiger charge is 2.19. The van der Waals surface area contributed by atoms with E-state index in [1.54, 1.807) is 6.20 Å². The smallest absolute Gasteiger partial charge is 0.265 e.